The molecule has 5 nitrogen and oxygen atoms in total. The molecule has 5 heteroatoms. The number of nitriles is 1. The number of nitrogens with zero attached hydrogens (tertiary/aromatic N) is 3. The van der Waals surface area contributed by atoms with Crippen molar-refractivity contribution in [3.63, 3.8) is 0 Å². The minimum absolute atomic E-state index is 0.0518. The third-order valence-electron chi connectivity index (χ3n) is 1.68. The maximum Gasteiger partial charge on any atom is 0.277 e. The molecule has 1 heterocycles. The Balaban J connectivity index is 3.47. The molecule has 0 aliphatic rings. The molecular formula is C8H7N3O2. The maximum atomic E-state index is 10.5. The SMILES string of the molecule is Cc1cc([N+](=O)[O-])c(C)c(C#N)n1. The first-order valence-corrected chi connectivity index (χ1v) is 3.59. The third kappa shape index (κ3) is 1.62. The number of rotatable bonds is 1. The van der Waals surface area contributed by atoms with E-state index in [1.165, 1.54) is 13.0 Å². The van der Waals surface area contributed by atoms with E-state index in [0.717, 1.165) is 0 Å². The van der Waals surface area contributed by atoms with Gasteiger partial charge in [-0.2, -0.15) is 5.26 Å². The number of nitro groups is 1. The summed E-state index contributed by atoms with van der Waals surface area (Å²) in [4.78, 5) is 13.9. The van der Waals surface area contributed by atoms with Crippen LogP contribution >= 0.6 is 0 Å². The molecular weight excluding hydrogens is 170 g/mol. The zero-order valence-electron chi connectivity index (χ0n) is 7.24. The van der Waals surface area contributed by atoms with Gasteiger partial charge in [0, 0.05) is 11.8 Å². The Labute approximate surface area is 74.8 Å². The molecule has 0 saturated carbocycles. The van der Waals surface area contributed by atoms with E-state index in [2.05, 4.69) is 4.98 Å². The van der Waals surface area contributed by atoms with Crippen molar-refractivity contribution in [1.82, 2.24) is 4.98 Å². The molecule has 0 radical (unpaired) electrons. The lowest BCUT2D eigenvalue weighted by Gasteiger charge is -1.99. The van der Waals surface area contributed by atoms with Gasteiger partial charge in [0.1, 0.15) is 6.07 Å². The Bertz CT molecular complexity index is 407. The zero-order chi connectivity index (χ0) is 10.0. The van der Waals surface area contributed by atoms with Gasteiger partial charge in [0.05, 0.1) is 10.5 Å². The lowest BCUT2D eigenvalue weighted by Crippen LogP contribution is -1.98. The topological polar surface area (TPSA) is 79.8 Å². The Morgan fingerprint density at radius 3 is 2.69 bits per heavy atom. The standard InChI is InChI=1S/C8H7N3O2/c1-5-3-8(11(12)13)6(2)7(4-9)10-5/h3H,1-2H3. The van der Waals surface area contributed by atoms with Crippen LogP contribution in [0.5, 0.6) is 0 Å². The Kier molecular flexibility index (Phi) is 2.24. The molecule has 0 atom stereocenters. The predicted molar refractivity (Wildman–Crippen MR) is 45.1 cm³/mol. The summed E-state index contributed by atoms with van der Waals surface area (Å²) >= 11 is 0. The van der Waals surface area contributed by atoms with Crippen LogP contribution in [0.3, 0.4) is 0 Å². The van der Waals surface area contributed by atoms with Gasteiger partial charge in [-0.05, 0) is 13.8 Å². The van der Waals surface area contributed by atoms with Crippen LogP contribution in [0.25, 0.3) is 0 Å². The fraction of sp³-hybridized carbons (Fsp3) is 0.250. The van der Waals surface area contributed by atoms with Crippen molar-refractivity contribution in [2.75, 3.05) is 0 Å². The van der Waals surface area contributed by atoms with Crippen LogP contribution < -0.4 is 0 Å². The molecule has 0 fully saturated rings. The summed E-state index contributed by atoms with van der Waals surface area (Å²) in [6.07, 6.45) is 0. The van der Waals surface area contributed by atoms with Crippen molar-refractivity contribution in [2.45, 2.75) is 13.8 Å². The van der Waals surface area contributed by atoms with E-state index >= 15 is 0 Å². The Morgan fingerprint density at radius 1 is 1.62 bits per heavy atom. The second-order valence-electron chi connectivity index (χ2n) is 2.63. The van der Waals surface area contributed by atoms with Gasteiger partial charge in [-0.3, -0.25) is 10.1 Å². The molecule has 1 rings (SSSR count). The lowest BCUT2D eigenvalue weighted by molar-refractivity contribution is -0.385. The number of aromatic nitrogens is 1. The molecule has 0 N–H and O–H groups in total. The van der Waals surface area contributed by atoms with E-state index in [-0.39, 0.29) is 11.4 Å². The van der Waals surface area contributed by atoms with E-state index < -0.39 is 4.92 Å². The lowest BCUT2D eigenvalue weighted by atomic mass is 10.1. The summed E-state index contributed by atoms with van der Waals surface area (Å²) in [7, 11) is 0. The van der Waals surface area contributed by atoms with Crippen molar-refractivity contribution in [3.8, 4) is 6.07 Å². The quantitative estimate of drug-likeness (QED) is 0.480. The molecule has 0 aromatic carbocycles. The van der Waals surface area contributed by atoms with Crippen molar-refractivity contribution in [1.29, 1.82) is 5.26 Å². The molecule has 0 unspecified atom stereocenters. The zero-order valence-corrected chi connectivity index (χ0v) is 7.24. The molecule has 13 heavy (non-hydrogen) atoms. The van der Waals surface area contributed by atoms with Crippen LogP contribution in [0, 0.1) is 35.3 Å². The summed E-state index contributed by atoms with van der Waals surface area (Å²) in [6, 6.07) is 3.17. The molecule has 0 bridgehead atoms. The minimum Gasteiger partial charge on any atom is -0.258 e. The van der Waals surface area contributed by atoms with Crippen molar-refractivity contribution in [3.05, 3.63) is 33.1 Å². The fourth-order valence-corrected chi connectivity index (χ4v) is 1.02. The van der Waals surface area contributed by atoms with Crippen LogP contribution in [0.15, 0.2) is 6.07 Å². The van der Waals surface area contributed by atoms with Crippen LogP contribution in [-0.4, -0.2) is 9.91 Å². The van der Waals surface area contributed by atoms with Crippen molar-refractivity contribution in [2.24, 2.45) is 0 Å². The van der Waals surface area contributed by atoms with Gasteiger partial charge in [-0.15, -0.1) is 0 Å². The summed E-state index contributed by atoms with van der Waals surface area (Å²) in [5.41, 5.74) is 0.864. The highest BCUT2D eigenvalue weighted by Gasteiger charge is 2.15. The van der Waals surface area contributed by atoms with Gasteiger partial charge in [-0.1, -0.05) is 0 Å². The van der Waals surface area contributed by atoms with Crippen molar-refractivity contribution >= 4 is 5.69 Å². The van der Waals surface area contributed by atoms with Gasteiger partial charge in [-0.25, -0.2) is 4.98 Å². The fourth-order valence-electron chi connectivity index (χ4n) is 1.02. The van der Waals surface area contributed by atoms with Crippen LogP contribution in [0.1, 0.15) is 17.0 Å². The third-order valence-corrected chi connectivity index (χ3v) is 1.68. The van der Waals surface area contributed by atoms with E-state index in [1.807, 2.05) is 6.07 Å². The van der Waals surface area contributed by atoms with Gasteiger partial charge < -0.3 is 0 Å². The van der Waals surface area contributed by atoms with Gasteiger partial charge >= 0.3 is 0 Å². The first kappa shape index (κ1) is 9.13. The smallest absolute Gasteiger partial charge is 0.258 e. The van der Waals surface area contributed by atoms with E-state index in [1.54, 1.807) is 6.92 Å². The Morgan fingerprint density at radius 2 is 2.23 bits per heavy atom. The highest BCUT2D eigenvalue weighted by atomic mass is 16.6. The molecule has 1 aromatic heterocycles. The number of pyridine rings is 1. The molecule has 0 aliphatic carbocycles. The highest BCUT2D eigenvalue weighted by Crippen LogP contribution is 2.20. The van der Waals surface area contributed by atoms with Gasteiger partial charge in [0.2, 0.25) is 0 Å². The molecule has 0 spiro atoms. The predicted octanol–water partition coefficient (Wildman–Crippen LogP) is 1.48. The highest BCUT2D eigenvalue weighted by molar-refractivity contribution is 5.47. The van der Waals surface area contributed by atoms with Crippen molar-refractivity contribution < 1.29 is 4.92 Å². The van der Waals surface area contributed by atoms with Gasteiger partial charge in [0.15, 0.2) is 5.69 Å². The average Bonchev–Trinajstić information content (AvgIpc) is 2.08. The van der Waals surface area contributed by atoms with Crippen LogP contribution in [0.4, 0.5) is 5.69 Å². The van der Waals surface area contributed by atoms with E-state index in [9.17, 15) is 10.1 Å². The maximum absolute atomic E-state index is 10.5. The Hall–Kier alpha value is -1.96. The first-order chi connectivity index (χ1) is 6.06. The number of hydrogen-bond donors (Lipinski definition) is 0. The summed E-state index contributed by atoms with van der Waals surface area (Å²) in [6.45, 7) is 3.14. The molecule has 66 valence electrons. The molecule has 0 saturated heterocycles. The van der Waals surface area contributed by atoms with E-state index in [0.29, 0.717) is 11.3 Å². The number of hydrogen-bond acceptors (Lipinski definition) is 4. The average molecular weight is 177 g/mol. The normalized spacial score (nSPS) is 9.31. The molecule has 0 aliphatic heterocycles. The molecule has 0 amide bonds. The number of aryl methyl sites for hydroxylation is 1. The van der Waals surface area contributed by atoms with Gasteiger partial charge in [0.25, 0.3) is 5.69 Å². The van der Waals surface area contributed by atoms with E-state index in [4.69, 9.17) is 5.26 Å². The monoisotopic (exact) mass is 177 g/mol. The first-order valence-electron chi connectivity index (χ1n) is 3.59. The summed E-state index contributed by atoms with van der Waals surface area (Å²) in [5, 5.41) is 19.1. The van der Waals surface area contributed by atoms with Crippen LogP contribution in [-0.2, 0) is 0 Å². The second-order valence-corrected chi connectivity index (χ2v) is 2.63. The largest absolute Gasteiger partial charge is 0.277 e. The summed E-state index contributed by atoms with van der Waals surface area (Å²) < 4.78 is 0. The minimum atomic E-state index is -0.509. The molecule has 1 aromatic rings. The summed E-state index contributed by atoms with van der Waals surface area (Å²) in [5.74, 6) is 0. The van der Waals surface area contributed by atoms with Crippen LogP contribution in [0.2, 0.25) is 0 Å². The second kappa shape index (κ2) is 3.19.